The largest absolute Gasteiger partial charge is 0.292 e. The van der Waals surface area contributed by atoms with Gasteiger partial charge in [-0.25, -0.2) is 5.01 Å². The Balaban J connectivity index is 1.52. The third-order valence-electron chi connectivity index (χ3n) is 7.00. The Morgan fingerprint density at radius 1 is 0.912 bits per heavy atom. The van der Waals surface area contributed by atoms with E-state index in [1.54, 1.807) is 30.3 Å². The molecule has 0 aromatic heterocycles. The highest BCUT2D eigenvalue weighted by Gasteiger charge is 2.67. The van der Waals surface area contributed by atoms with Crippen LogP contribution in [0.25, 0.3) is 0 Å². The fourth-order valence-electron chi connectivity index (χ4n) is 5.44. The Morgan fingerprint density at radius 2 is 1.47 bits per heavy atom. The Morgan fingerprint density at radius 3 is 2.03 bits per heavy atom. The Bertz CT molecular complexity index is 1180. The average Bonchev–Trinajstić information content (AvgIpc) is 3.43. The molecule has 0 N–H and O–H groups in total. The highest BCUT2D eigenvalue weighted by atomic mass is 79.9. The molecule has 3 aliphatic rings. The van der Waals surface area contributed by atoms with Crippen LogP contribution < -0.4 is 0 Å². The molecule has 2 bridgehead atoms. The molecule has 1 heterocycles. The molecule has 2 aromatic carbocycles. The van der Waals surface area contributed by atoms with Gasteiger partial charge in [0.25, 0.3) is 17.7 Å². The molecular weight excluding hydrogens is 611 g/mol. The summed E-state index contributed by atoms with van der Waals surface area (Å²) >= 11 is 19.5. The van der Waals surface area contributed by atoms with Crippen LogP contribution in [0.4, 0.5) is 0 Å². The number of halogens is 4. The van der Waals surface area contributed by atoms with E-state index in [1.807, 2.05) is 0 Å². The van der Waals surface area contributed by atoms with Crippen LogP contribution in [-0.4, -0.2) is 49.7 Å². The molecule has 0 radical (unpaired) electrons. The quantitative estimate of drug-likeness (QED) is 0.265. The summed E-state index contributed by atoms with van der Waals surface area (Å²) in [6.07, 6.45) is 0.759. The highest BCUT2D eigenvalue weighted by Crippen LogP contribution is 2.60. The van der Waals surface area contributed by atoms with Crippen molar-refractivity contribution >= 4 is 78.6 Å². The maximum absolute atomic E-state index is 13.6. The summed E-state index contributed by atoms with van der Waals surface area (Å²) in [5.74, 6) is -3.12. The molecule has 6 nitrogen and oxygen atoms in total. The average molecular weight is 629 g/mol. The maximum atomic E-state index is 13.6. The lowest BCUT2D eigenvalue weighted by atomic mass is 9.81. The third kappa shape index (κ3) is 3.74. The van der Waals surface area contributed by atoms with Crippen molar-refractivity contribution in [2.75, 3.05) is 6.54 Å². The number of hydrogen-bond acceptors (Lipinski definition) is 4. The number of amides is 3. The normalized spacial score (nSPS) is 29.5. The van der Waals surface area contributed by atoms with Gasteiger partial charge in [-0.05, 0) is 54.7 Å². The smallest absolute Gasteiger partial charge is 0.274 e. The van der Waals surface area contributed by atoms with Crippen LogP contribution in [0.3, 0.4) is 0 Å². The zero-order valence-electron chi connectivity index (χ0n) is 17.5. The fraction of sp³-hybridized carbons (Fsp3) is 0.333. The molecule has 2 aromatic rings. The molecular formula is C24H18Br2Cl2N2O4. The SMILES string of the molecule is O=C(CN(C(=O)c1ccccc1Cl)N1C(=O)[C@@H]2[C@H]3C[C@@H]([C@@H](Br)[C@H]3Br)[C@H]2C1=O)c1ccc(Cl)cc1. The van der Waals surface area contributed by atoms with Gasteiger partial charge in [-0.3, -0.25) is 19.2 Å². The number of hydrogen-bond donors (Lipinski definition) is 0. The van der Waals surface area contributed by atoms with Gasteiger partial charge in [0, 0.05) is 20.2 Å². The molecule has 2 saturated carbocycles. The van der Waals surface area contributed by atoms with Gasteiger partial charge in [0.1, 0.15) is 6.54 Å². The number of alkyl halides is 2. The van der Waals surface area contributed by atoms with E-state index < -0.39 is 41.9 Å². The van der Waals surface area contributed by atoms with Crippen LogP contribution >= 0.6 is 55.1 Å². The van der Waals surface area contributed by atoms with Gasteiger partial charge in [-0.15, -0.1) is 0 Å². The second-order valence-electron chi connectivity index (χ2n) is 8.76. The standard InChI is InChI=1S/C24H18Br2Cl2N2O4/c25-20-14-9-15(21(20)26)19-18(14)23(33)30(24(19)34)29(22(32)13-3-1-2-4-16(13)28)10-17(31)11-5-7-12(27)8-6-11/h1-8,14-15,18-21H,9-10H2/t14-,15-,18-,19-,20-,21+/m1/s1. The predicted molar refractivity (Wildman–Crippen MR) is 134 cm³/mol. The van der Waals surface area contributed by atoms with E-state index >= 15 is 0 Å². The number of carbonyl (C=O) groups excluding carboxylic acids is 4. The first-order chi connectivity index (χ1) is 16.2. The number of hydrazine groups is 1. The minimum absolute atomic E-state index is 0.0231. The molecule has 3 amide bonds. The molecule has 1 saturated heterocycles. The van der Waals surface area contributed by atoms with Crippen molar-refractivity contribution in [3.8, 4) is 0 Å². The Labute approximate surface area is 222 Å². The summed E-state index contributed by atoms with van der Waals surface area (Å²) in [6, 6.07) is 12.6. The second kappa shape index (κ2) is 9.04. The maximum Gasteiger partial charge on any atom is 0.274 e. The number of carbonyl (C=O) groups is 4. The van der Waals surface area contributed by atoms with Gasteiger partial charge in [0.15, 0.2) is 5.78 Å². The minimum atomic E-state index is -0.687. The fourth-order valence-corrected chi connectivity index (χ4v) is 7.66. The number of rotatable bonds is 5. The van der Waals surface area contributed by atoms with Crippen molar-refractivity contribution in [1.82, 2.24) is 10.0 Å². The van der Waals surface area contributed by atoms with Crippen LogP contribution in [-0.2, 0) is 9.59 Å². The topological polar surface area (TPSA) is 74.8 Å². The van der Waals surface area contributed by atoms with Crippen molar-refractivity contribution < 1.29 is 19.2 Å². The number of imide groups is 1. The zero-order chi connectivity index (χ0) is 24.3. The van der Waals surface area contributed by atoms with Crippen molar-refractivity contribution in [2.45, 2.75) is 16.1 Å². The zero-order valence-corrected chi connectivity index (χ0v) is 22.2. The predicted octanol–water partition coefficient (Wildman–Crippen LogP) is 5.01. The summed E-state index contributed by atoms with van der Waals surface area (Å²) < 4.78 is 0. The van der Waals surface area contributed by atoms with Crippen molar-refractivity contribution in [3.63, 3.8) is 0 Å². The van der Waals surface area contributed by atoms with Crippen LogP contribution in [0.15, 0.2) is 48.5 Å². The Hall–Kier alpha value is -1.74. The summed E-state index contributed by atoms with van der Waals surface area (Å²) in [5.41, 5.74) is 0.409. The molecule has 176 valence electrons. The Kier molecular flexibility index (Phi) is 6.38. The van der Waals surface area contributed by atoms with Crippen LogP contribution in [0.5, 0.6) is 0 Å². The number of nitrogens with zero attached hydrogens (tertiary/aromatic N) is 2. The van der Waals surface area contributed by atoms with E-state index in [9.17, 15) is 19.2 Å². The summed E-state index contributed by atoms with van der Waals surface area (Å²) in [7, 11) is 0. The molecule has 34 heavy (non-hydrogen) atoms. The monoisotopic (exact) mass is 626 g/mol. The van der Waals surface area contributed by atoms with Crippen LogP contribution in [0.1, 0.15) is 27.1 Å². The van der Waals surface area contributed by atoms with Gasteiger partial charge in [0.2, 0.25) is 0 Å². The molecule has 0 unspecified atom stereocenters. The lowest BCUT2D eigenvalue weighted by molar-refractivity contribution is -0.154. The van der Waals surface area contributed by atoms with Crippen LogP contribution in [0.2, 0.25) is 10.0 Å². The number of Topliss-reactive ketones (excluding diaryl/α,β-unsaturated/α-hetero) is 1. The first-order valence-corrected chi connectivity index (χ1v) is 13.3. The first kappa shape index (κ1) is 24.0. The van der Waals surface area contributed by atoms with Gasteiger partial charge in [0.05, 0.1) is 22.4 Å². The van der Waals surface area contributed by atoms with Crippen molar-refractivity contribution in [2.24, 2.45) is 23.7 Å². The molecule has 5 rings (SSSR count). The summed E-state index contributed by atoms with van der Waals surface area (Å²) in [6.45, 7) is -0.493. The van der Waals surface area contributed by atoms with E-state index in [-0.39, 0.29) is 32.1 Å². The van der Waals surface area contributed by atoms with Crippen molar-refractivity contribution in [1.29, 1.82) is 0 Å². The number of benzene rings is 2. The van der Waals surface area contributed by atoms with E-state index in [1.165, 1.54) is 18.2 Å². The molecule has 3 fully saturated rings. The van der Waals surface area contributed by atoms with Gasteiger partial charge in [-0.2, -0.15) is 5.01 Å². The van der Waals surface area contributed by atoms with Gasteiger partial charge >= 0.3 is 0 Å². The lowest BCUT2D eigenvalue weighted by Crippen LogP contribution is -2.52. The molecule has 1 aliphatic heterocycles. The van der Waals surface area contributed by atoms with Gasteiger partial charge < -0.3 is 0 Å². The van der Waals surface area contributed by atoms with E-state index in [0.29, 0.717) is 10.6 Å². The first-order valence-electron chi connectivity index (χ1n) is 10.7. The highest BCUT2D eigenvalue weighted by molar-refractivity contribution is 9.12. The summed E-state index contributed by atoms with van der Waals surface area (Å²) in [4.78, 5) is 54.0. The van der Waals surface area contributed by atoms with Crippen LogP contribution in [0, 0.1) is 23.7 Å². The van der Waals surface area contributed by atoms with E-state index in [2.05, 4.69) is 31.9 Å². The second-order valence-corrected chi connectivity index (χ2v) is 11.7. The van der Waals surface area contributed by atoms with E-state index in [4.69, 9.17) is 23.2 Å². The summed E-state index contributed by atoms with van der Waals surface area (Å²) in [5, 5.41) is 2.46. The minimum Gasteiger partial charge on any atom is -0.292 e. The van der Waals surface area contributed by atoms with E-state index in [0.717, 1.165) is 16.4 Å². The van der Waals surface area contributed by atoms with Crippen molar-refractivity contribution in [3.05, 3.63) is 69.7 Å². The van der Waals surface area contributed by atoms with Gasteiger partial charge in [-0.1, -0.05) is 67.2 Å². The number of fused-ring (bicyclic) bond motifs is 5. The molecule has 0 spiro atoms. The lowest BCUT2D eigenvalue weighted by Gasteiger charge is -2.31. The molecule has 10 heteroatoms. The third-order valence-corrected chi connectivity index (χ3v) is 10.8. The molecule has 6 atom stereocenters. The number of ketones is 1. The molecule has 2 aliphatic carbocycles.